The fourth-order valence-corrected chi connectivity index (χ4v) is 1.76. The monoisotopic (exact) mass is 245 g/mol. The molecule has 0 aliphatic carbocycles. The number of nitrogens with one attached hydrogen (secondary N) is 1. The van der Waals surface area contributed by atoms with Crippen molar-refractivity contribution in [1.82, 2.24) is 14.8 Å². The van der Waals surface area contributed by atoms with Crippen LogP contribution in [-0.2, 0) is 13.1 Å². The normalized spacial score (nSPS) is 10.4. The van der Waals surface area contributed by atoms with Gasteiger partial charge in [0.1, 0.15) is 0 Å². The zero-order valence-electron chi connectivity index (χ0n) is 11.1. The number of aromatic nitrogens is 3. The van der Waals surface area contributed by atoms with E-state index in [9.17, 15) is 0 Å². The maximum atomic E-state index is 4.35. The molecule has 0 aliphatic heterocycles. The van der Waals surface area contributed by atoms with Gasteiger partial charge < -0.3 is 10.2 Å². The molecule has 0 amide bonds. The number of anilines is 2. The van der Waals surface area contributed by atoms with Crippen molar-refractivity contribution in [3.05, 3.63) is 36.3 Å². The predicted octanol–water partition coefficient (Wildman–Crippen LogP) is 1.98. The van der Waals surface area contributed by atoms with Crippen LogP contribution in [0.2, 0.25) is 0 Å². The molecule has 0 spiro atoms. The minimum atomic E-state index is 0.756. The van der Waals surface area contributed by atoms with Gasteiger partial charge in [-0.3, -0.25) is 4.68 Å². The third-order valence-corrected chi connectivity index (χ3v) is 2.70. The van der Waals surface area contributed by atoms with Crippen molar-refractivity contribution < 1.29 is 0 Å². The molecular formula is C13H19N5. The smallest absolute Gasteiger partial charge is 0.151 e. The molecule has 5 heteroatoms. The SMILES string of the molecule is CCn1cc(CNc2cccnc2N(C)C)cn1. The first-order valence-electron chi connectivity index (χ1n) is 6.08. The summed E-state index contributed by atoms with van der Waals surface area (Å²) in [7, 11) is 3.98. The molecule has 0 saturated carbocycles. The molecule has 0 fully saturated rings. The lowest BCUT2D eigenvalue weighted by Crippen LogP contribution is -2.13. The molecule has 2 aromatic rings. The van der Waals surface area contributed by atoms with Gasteiger partial charge in [0.05, 0.1) is 11.9 Å². The van der Waals surface area contributed by atoms with Crippen LogP contribution in [0.25, 0.3) is 0 Å². The third kappa shape index (κ3) is 2.80. The lowest BCUT2D eigenvalue weighted by Gasteiger charge is -2.16. The highest BCUT2D eigenvalue weighted by Crippen LogP contribution is 2.20. The summed E-state index contributed by atoms with van der Waals surface area (Å²) in [4.78, 5) is 6.35. The number of rotatable bonds is 5. The summed E-state index contributed by atoms with van der Waals surface area (Å²) in [5.74, 6) is 0.945. The van der Waals surface area contributed by atoms with Crippen molar-refractivity contribution >= 4 is 11.5 Å². The summed E-state index contributed by atoms with van der Waals surface area (Å²) in [6, 6.07) is 3.97. The maximum Gasteiger partial charge on any atom is 0.151 e. The Morgan fingerprint density at radius 2 is 2.22 bits per heavy atom. The van der Waals surface area contributed by atoms with Crippen LogP contribution in [0.15, 0.2) is 30.7 Å². The van der Waals surface area contributed by atoms with E-state index in [-0.39, 0.29) is 0 Å². The van der Waals surface area contributed by atoms with E-state index in [0.717, 1.165) is 24.6 Å². The lowest BCUT2D eigenvalue weighted by molar-refractivity contribution is 0.659. The van der Waals surface area contributed by atoms with E-state index in [1.165, 1.54) is 5.56 Å². The van der Waals surface area contributed by atoms with Gasteiger partial charge in [-0.05, 0) is 19.1 Å². The van der Waals surface area contributed by atoms with Crippen LogP contribution >= 0.6 is 0 Å². The summed E-state index contributed by atoms with van der Waals surface area (Å²) in [6.07, 6.45) is 5.75. The zero-order valence-corrected chi connectivity index (χ0v) is 11.1. The van der Waals surface area contributed by atoms with Gasteiger partial charge in [-0.25, -0.2) is 4.98 Å². The van der Waals surface area contributed by atoms with Crippen molar-refractivity contribution in [1.29, 1.82) is 0 Å². The molecule has 0 radical (unpaired) electrons. The Morgan fingerprint density at radius 1 is 1.39 bits per heavy atom. The van der Waals surface area contributed by atoms with E-state index >= 15 is 0 Å². The molecule has 2 heterocycles. The Bertz CT molecular complexity index is 504. The minimum Gasteiger partial charge on any atom is -0.378 e. The Hall–Kier alpha value is -2.04. The Morgan fingerprint density at radius 3 is 2.89 bits per heavy atom. The Balaban J connectivity index is 2.05. The van der Waals surface area contributed by atoms with Gasteiger partial charge in [-0.2, -0.15) is 5.10 Å². The maximum absolute atomic E-state index is 4.35. The topological polar surface area (TPSA) is 46.0 Å². The van der Waals surface area contributed by atoms with Crippen molar-refractivity contribution in [3.63, 3.8) is 0 Å². The zero-order chi connectivity index (χ0) is 13.0. The summed E-state index contributed by atoms with van der Waals surface area (Å²) >= 11 is 0. The van der Waals surface area contributed by atoms with Crippen LogP contribution in [-0.4, -0.2) is 28.9 Å². The molecule has 0 atom stereocenters. The largest absolute Gasteiger partial charge is 0.378 e. The number of pyridine rings is 1. The number of aryl methyl sites for hydroxylation is 1. The fourth-order valence-electron chi connectivity index (χ4n) is 1.76. The molecule has 18 heavy (non-hydrogen) atoms. The predicted molar refractivity (Wildman–Crippen MR) is 73.8 cm³/mol. The highest BCUT2D eigenvalue weighted by atomic mass is 15.3. The summed E-state index contributed by atoms with van der Waals surface area (Å²) in [5.41, 5.74) is 2.21. The highest BCUT2D eigenvalue weighted by molar-refractivity contribution is 5.64. The molecule has 2 rings (SSSR count). The highest BCUT2D eigenvalue weighted by Gasteiger charge is 2.05. The van der Waals surface area contributed by atoms with Gasteiger partial charge in [-0.1, -0.05) is 0 Å². The Kier molecular flexibility index (Phi) is 3.82. The molecule has 0 aliphatic rings. The first kappa shape index (κ1) is 12.4. The Labute approximate surface area is 107 Å². The summed E-state index contributed by atoms with van der Waals surface area (Å²) in [5, 5.41) is 7.65. The van der Waals surface area contributed by atoms with Crippen LogP contribution in [0.5, 0.6) is 0 Å². The lowest BCUT2D eigenvalue weighted by atomic mass is 10.3. The van der Waals surface area contributed by atoms with E-state index in [0.29, 0.717) is 0 Å². The van der Waals surface area contributed by atoms with Gasteiger partial charge in [0.2, 0.25) is 0 Å². The standard InChI is InChI=1S/C13H19N5/c1-4-18-10-11(9-16-18)8-15-12-6-5-7-14-13(12)17(2)3/h5-7,9-10,15H,4,8H2,1-3H3. The van der Waals surface area contributed by atoms with Gasteiger partial charge in [0, 0.05) is 45.1 Å². The van der Waals surface area contributed by atoms with Crippen LogP contribution in [0.3, 0.4) is 0 Å². The average Bonchev–Trinajstić information content (AvgIpc) is 2.84. The van der Waals surface area contributed by atoms with E-state index in [1.807, 2.05) is 42.0 Å². The van der Waals surface area contributed by atoms with Crippen molar-refractivity contribution in [2.24, 2.45) is 0 Å². The van der Waals surface area contributed by atoms with E-state index < -0.39 is 0 Å². The van der Waals surface area contributed by atoms with Gasteiger partial charge in [-0.15, -0.1) is 0 Å². The van der Waals surface area contributed by atoms with Crippen LogP contribution in [0.1, 0.15) is 12.5 Å². The summed E-state index contributed by atoms with van der Waals surface area (Å²) in [6.45, 7) is 3.73. The molecule has 5 nitrogen and oxygen atoms in total. The molecule has 2 aromatic heterocycles. The molecule has 0 unspecified atom stereocenters. The van der Waals surface area contributed by atoms with Crippen LogP contribution in [0.4, 0.5) is 11.5 Å². The van der Waals surface area contributed by atoms with E-state index in [1.54, 1.807) is 6.20 Å². The third-order valence-electron chi connectivity index (χ3n) is 2.70. The second-order valence-corrected chi connectivity index (χ2v) is 4.33. The van der Waals surface area contributed by atoms with Crippen molar-refractivity contribution in [2.45, 2.75) is 20.0 Å². The minimum absolute atomic E-state index is 0.756. The van der Waals surface area contributed by atoms with Crippen LogP contribution in [0, 0.1) is 0 Å². The number of hydrogen-bond donors (Lipinski definition) is 1. The number of nitrogens with zero attached hydrogens (tertiary/aromatic N) is 4. The quantitative estimate of drug-likeness (QED) is 0.875. The first-order valence-corrected chi connectivity index (χ1v) is 6.08. The summed E-state index contributed by atoms with van der Waals surface area (Å²) < 4.78 is 1.92. The molecule has 0 aromatic carbocycles. The van der Waals surface area contributed by atoms with E-state index in [4.69, 9.17) is 0 Å². The van der Waals surface area contributed by atoms with Crippen molar-refractivity contribution in [2.75, 3.05) is 24.3 Å². The average molecular weight is 245 g/mol. The molecule has 1 N–H and O–H groups in total. The van der Waals surface area contributed by atoms with Gasteiger partial charge >= 0.3 is 0 Å². The number of hydrogen-bond acceptors (Lipinski definition) is 4. The second kappa shape index (κ2) is 5.53. The molecule has 96 valence electrons. The first-order chi connectivity index (χ1) is 8.70. The van der Waals surface area contributed by atoms with Crippen LogP contribution < -0.4 is 10.2 Å². The molecule has 0 bridgehead atoms. The van der Waals surface area contributed by atoms with Gasteiger partial charge in [0.15, 0.2) is 5.82 Å². The second-order valence-electron chi connectivity index (χ2n) is 4.33. The van der Waals surface area contributed by atoms with Crippen molar-refractivity contribution in [3.8, 4) is 0 Å². The fraction of sp³-hybridized carbons (Fsp3) is 0.385. The van der Waals surface area contributed by atoms with Gasteiger partial charge in [0.25, 0.3) is 0 Å². The molecule has 0 saturated heterocycles. The molecular weight excluding hydrogens is 226 g/mol. The van der Waals surface area contributed by atoms with E-state index in [2.05, 4.69) is 28.5 Å².